The SMILES string of the molecule is CC[C@H]1CCC[C@@H](O[C@H]2O[C@H](CO)[C@H](O)[C@H](O[C@@H](CC3CCCCC3)C(=O)O)[C@H]2OCc2ccccc2)[C@H]1O[C@@H]1O[C@H](C)[C@H](O)[C@H](O)[C@H]1O. The van der Waals surface area contributed by atoms with Gasteiger partial charge in [-0.3, -0.25) is 0 Å². The van der Waals surface area contributed by atoms with Crippen LogP contribution in [0.1, 0.15) is 83.6 Å². The highest BCUT2D eigenvalue weighted by Crippen LogP contribution is 2.38. The van der Waals surface area contributed by atoms with E-state index in [0.717, 1.165) is 56.9 Å². The molecule has 0 amide bonds. The summed E-state index contributed by atoms with van der Waals surface area (Å²) >= 11 is 0. The van der Waals surface area contributed by atoms with Gasteiger partial charge >= 0.3 is 5.97 Å². The van der Waals surface area contributed by atoms with Gasteiger partial charge in [0, 0.05) is 0 Å². The number of carboxylic acid groups (broad SMARTS) is 1. The van der Waals surface area contributed by atoms with Gasteiger partial charge in [-0.05, 0) is 43.6 Å². The molecule has 2 heterocycles. The molecule has 4 aliphatic rings. The quantitative estimate of drug-likeness (QED) is 0.166. The van der Waals surface area contributed by atoms with E-state index in [2.05, 4.69) is 0 Å². The van der Waals surface area contributed by atoms with Crippen molar-refractivity contribution < 1.29 is 63.9 Å². The normalized spacial score (nSPS) is 39.8. The summed E-state index contributed by atoms with van der Waals surface area (Å²) in [5, 5.41) is 63.4. The molecule has 2 saturated carbocycles. The molecule has 5 rings (SSSR count). The number of aliphatic carboxylic acids is 1. The minimum absolute atomic E-state index is 0.0145. The maximum absolute atomic E-state index is 12.5. The van der Waals surface area contributed by atoms with E-state index in [9.17, 15) is 35.4 Å². The van der Waals surface area contributed by atoms with Gasteiger partial charge in [-0.15, -0.1) is 0 Å². The molecule has 0 radical (unpaired) electrons. The molecule has 0 spiro atoms. The third-order valence-corrected chi connectivity index (χ3v) is 10.8. The smallest absolute Gasteiger partial charge is 0.332 e. The van der Waals surface area contributed by atoms with Crippen LogP contribution in [0.2, 0.25) is 0 Å². The molecule has 2 saturated heterocycles. The van der Waals surface area contributed by atoms with Gasteiger partial charge in [0.2, 0.25) is 0 Å². The van der Waals surface area contributed by atoms with Gasteiger partial charge in [0.1, 0.15) is 42.7 Å². The second-order valence-corrected chi connectivity index (χ2v) is 14.2. The standard InChI is InChI=1S/C36H56O13/c1-3-23-15-10-16-24(31(23)49-35-30(41)29(40)27(38)20(2)45-35)47-36-33(44-19-22-13-8-5-9-14-22)32(28(39)26(18-37)48-36)46-25(34(42)43)17-21-11-6-4-7-12-21/h5,8-9,13-14,20-21,23-33,35-41H,3-4,6-7,10-12,15-19H2,1-2H3,(H,42,43)/t20-,23+,24-,25+,26-,27+,28+,29+,30-,31+,32+,33-,35+,36+/m1/s1. The second-order valence-electron chi connectivity index (χ2n) is 14.2. The minimum atomic E-state index is -1.50. The van der Waals surface area contributed by atoms with Crippen LogP contribution in [0.4, 0.5) is 0 Å². The van der Waals surface area contributed by atoms with E-state index in [1.54, 1.807) is 6.92 Å². The van der Waals surface area contributed by atoms with E-state index >= 15 is 0 Å². The van der Waals surface area contributed by atoms with Crippen molar-refractivity contribution in [2.75, 3.05) is 6.61 Å². The maximum Gasteiger partial charge on any atom is 0.332 e. The first kappa shape index (κ1) is 38.5. The molecule has 278 valence electrons. The Morgan fingerprint density at radius 2 is 1.57 bits per heavy atom. The Morgan fingerprint density at radius 3 is 2.24 bits per heavy atom. The lowest BCUT2D eigenvalue weighted by atomic mass is 9.82. The van der Waals surface area contributed by atoms with Crippen molar-refractivity contribution in [3.63, 3.8) is 0 Å². The second kappa shape index (κ2) is 18.1. The fourth-order valence-corrected chi connectivity index (χ4v) is 7.83. The summed E-state index contributed by atoms with van der Waals surface area (Å²) in [5.41, 5.74) is 0.832. The van der Waals surface area contributed by atoms with Gasteiger partial charge in [0.25, 0.3) is 0 Å². The fraction of sp³-hybridized carbons (Fsp3) is 0.806. The fourth-order valence-electron chi connectivity index (χ4n) is 7.83. The first-order valence-corrected chi connectivity index (χ1v) is 18.1. The van der Waals surface area contributed by atoms with E-state index in [-0.39, 0.29) is 18.4 Å². The Balaban J connectivity index is 1.41. The molecule has 13 nitrogen and oxygen atoms in total. The molecule has 14 atom stereocenters. The van der Waals surface area contributed by atoms with E-state index < -0.39 is 92.3 Å². The van der Waals surface area contributed by atoms with Crippen LogP contribution >= 0.6 is 0 Å². The van der Waals surface area contributed by atoms with Crippen LogP contribution in [0.5, 0.6) is 0 Å². The lowest BCUT2D eigenvalue weighted by Crippen LogP contribution is -2.63. The lowest BCUT2D eigenvalue weighted by Gasteiger charge is -2.48. The number of benzene rings is 1. The highest BCUT2D eigenvalue weighted by atomic mass is 16.7. The van der Waals surface area contributed by atoms with Gasteiger partial charge in [0.05, 0.1) is 31.5 Å². The summed E-state index contributed by atoms with van der Waals surface area (Å²) in [5.74, 6) is -0.968. The van der Waals surface area contributed by atoms with Crippen LogP contribution in [-0.2, 0) is 39.8 Å². The van der Waals surface area contributed by atoms with Gasteiger partial charge in [0.15, 0.2) is 18.7 Å². The van der Waals surface area contributed by atoms with E-state index in [4.69, 9.17) is 28.4 Å². The molecule has 13 heteroatoms. The Labute approximate surface area is 288 Å². The van der Waals surface area contributed by atoms with E-state index in [1.165, 1.54) is 0 Å². The van der Waals surface area contributed by atoms with E-state index in [1.807, 2.05) is 37.3 Å². The minimum Gasteiger partial charge on any atom is -0.479 e. The van der Waals surface area contributed by atoms with Crippen LogP contribution in [0.25, 0.3) is 0 Å². The number of hydrogen-bond donors (Lipinski definition) is 6. The van der Waals surface area contributed by atoms with Crippen molar-refractivity contribution in [2.45, 2.75) is 164 Å². The number of aliphatic hydroxyl groups is 5. The van der Waals surface area contributed by atoms with Gasteiger partial charge < -0.3 is 59.1 Å². The van der Waals surface area contributed by atoms with Crippen LogP contribution < -0.4 is 0 Å². The van der Waals surface area contributed by atoms with Crippen molar-refractivity contribution >= 4 is 5.97 Å². The zero-order chi connectivity index (χ0) is 35.1. The third-order valence-electron chi connectivity index (χ3n) is 10.8. The Kier molecular flexibility index (Phi) is 14.2. The molecule has 1 aromatic carbocycles. The molecule has 49 heavy (non-hydrogen) atoms. The number of aliphatic hydroxyl groups excluding tert-OH is 5. The molecule has 2 aliphatic carbocycles. The zero-order valence-electron chi connectivity index (χ0n) is 28.6. The van der Waals surface area contributed by atoms with Crippen molar-refractivity contribution in [3.8, 4) is 0 Å². The highest BCUT2D eigenvalue weighted by molar-refractivity contribution is 5.72. The van der Waals surface area contributed by atoms with Gasteiger partial charge in [-0.1, -0.05) is 82.2 Å². The Morgan fingerprint density at radius 1 is 0.837 bits per heavy atom. The van der Waals surface area contributed by atoms with Crippen LogP contribution in [-0.4, -0.2) is 123 Å². The number of rotatable bonds is 14. The van der Waals surface area contributed by atoms with Crippen molar-refractivity contribution in [1.82, 2.24) is 0 Å². The van der Waals surface area contributed by atoms with Gasteiger partial charge in [-0.25, -0.2) is 4.79 Å². The summed E-state index contributed by atoms with van der Waals surface area (Å²) in [7, 11) is 0. The van der Waals surface area contributed by atoms with E-state index in [0.29, 0.717) is 12.8 Å². The lowest BCUT2D eigenvalue weighted by molar-refractivity contribution is -0.354. The van der Waals surface area contributed by atoms with Crippen molar-refractivity contribution in [2.24, 2.45) is 11.8 Å². The predicted molar refractivity (Wildman–Crippen MR) is 174 cm³/mol. The van der Waals surface area contributed by atoms with Gasteiger partial charge in [-0.2, -0.15) is 0 Å². The van der Waals surface area contributed by atoms with Crippen molar-refractivity contribution in [1.29, 1.82) is 0 Å². The van der Waals surface area contributed by atoms with Crippen LogP contribution in [0.15, 0.2) is 30.3 Å². The first-order valence-electron chi connectivity index (χ1n) is 18.1. The predicted octanol–water partition coefficient (Wildman–Crippen LogP) is 2.27. The molecule has 2 aliphatic heterocycles. The summed E-state index contributed by atoms with van der Waals surface area (Å²) in [6.07, 6.45) is -6.62. The molecule has 0 unspecified atom stereocenters. The summed E-state index contributed by atoms with van der Waals surface area (Å²) in [6.45, 7) is 3.13. The van der Waals surface area contributed by atoms with Crippen LogP contribution in [0, 0.1) is 11.8 Å². The molecular weight excluding hydrogens is 640 g/mol. The summed E-state index contributed by atoms with van der Waals surface area (Å²) in [6, 6.07) is 9.37. The summed E-state index contributed by atoms with van der Waals surface area (Å²) in [4.78, 5) is 12.5. The number of ether oxygens (including phenoxy) is 6. The monoisotopic (exact) mass is 696 g/mol. The van der Waals surface area contributed by atoms with Crippen molar-refractivity contribution in [3.05, 3.63) is 35.9 Å². The first-order chi connectivity index (χ1) is 23.6. The van der Waals surface area contributed by atoms with Crippen LogP contribution in [0.3, 0.4) is 0 Å². The zero-order valence-corrected chi connectivity index (χ0v) is 28.6. The average Bonchev–Trinajstić information content (AvgIpc) is 3.11. The largest absolute Gasteiger partial charge is 0.479 e. The molecule has 6 N–H and O–H groups in total. The molecule has 0 bridgehead atoms. The maximum atomic E-state index is 12.5. The molecule has 0 aromatic heterocycles. The number of hydrogen-bond acceptors (Lipinski definition) is 12. The molecule has 4 fully saturated rings. The topological polar surface area (TPSA) is 194 Å². The number of carbonyl (C=O) groups is 1. The average molecular weight is 697 g/mol. The number of carboxylic acids is 1. The highest BCUT2D eigenvalue weighted by Gasteiger charge is 2.52. The molecular formula is C36H56O13. The molecule has 1 aromatic rings. The Bertz CT molecular complexity index is 1140. The third kappa shape index (κ3) is 9.58. The Hall–Kier alpha value is -1.75. The summed E-state index contributed by atoms with van der Waals surface area (Å²) < 4.78 is 37.6.